The molecule has 0 aliphatic rings. The Morgan fingerprint density at radius 2 is 2.38 bits per heavy atom. The van der Waals surface area contributed by atoms with Gasteiger partial charge in [0.25, 0.3) is 5.09 Å². The SMILES string of the molecule is [NH3+]CCCO[N+](=O)[O-]. The van der Waals surface area contributed by atoms with Crippen molar-refractivity contribution in [3.8, 4) is 0 Å². The minimum Gasteiger partial charge on any atom is -0.358 e. The topological polar surface area (TPSA) is 80.0 Å². The Balaban J connectivity index is 2.82. The van der Waals surface area contributed by atoms with E-state index in [1.165, 1.54) is 0 Å². The van der Waals surface area contributed by atoms with Crippen molar-refractivity contribution < 1.29 is 15.7 Å². The predicted molar refractivity (Wildman–Crippen MR) is 25.3 cm³/mol. The number of hydrogen-bond acceptors (Lipinski definition) is 3. The molecule has 0 heterocycles. The van der Waals surface area contributed by atoms with E-state index in [1.54, 1.807) is 0 Å². The van der Waals surface area contributed by atoms with Crippen LogP contribution in [0.3, 0.4) is 0 Å². The van der Waals surface area contributed by atoms with Crippen LogP contribution in [-0.4, -0.2) is 18.2 Å². The van der Waals surface area contributed by atoms with E-state index in [0.717, 1.165) is 0 Å². The minimum absolute atomic E-state index is 0.163. The fourth-order valence-electron chi connectivity index (χ4n) is 0.241. The average molecular weight is 121 g/mol. The summed E-state index contributed by atoms with van der Waals surface area (Å²) in [6.45, 7) is 0.838. The van der Waals surface area contributed by atoms with E-state index in [1.807, 2.05) is 0 Å². The molecular formula is C3H9N2O3+. The Kier molecular flexibility index (Phi) is 3.87. The van der Waals surface area contributed by atoms with Crippen LogP contribution in [0.25, 0.3) is 0 Å². The molecule has 0 saturated heterocycles. The van der Waals surface area contributed by atoms with Gasteiger partial charge in [0, 0.05) is 6.42 Å². The van der Waals surface area contributed by atoms with Crippen LogP contribution in [0, 0.1) is 10.1 Å². The third kappa shape index (κ3) is 5.16. The molecule has 0 saturated carbocycles. The maximum absolute atomic E-state index is 9.44. The highest BCUT2D eigenvalue weighted by molar-refractivity contribution is 4.23. The van der Waals surface area contributed by atoms with E-state index in [0.29, 0.717) is 13.0 Å². The maximum atomic E-state index is 9.44. The summed E-state index contributed by atoms with van der Waals surface area (Å²) in [4.78, 5) is 13.4. The van der Waals surface area contributed by atoms with E-state index in [-0.39, 0.29) is 6.61 Å². The Hall–Kier alpha value is -0.840. The molecule has 3 N–H and O–H groups in total. The molecule has 0 bridgehead atoms. The van der Waals surface area contributed by atoms with E-state index >= 15 is 0 Å². The molecule has 5 heteroatoms. The lowest BCUT2D eigenvalue weighted by Crippen LogP contribution is -2.50. The molecule has 0 atom stereocenters. The van der Waals surface area contributed by atoms with Gasteiger partial charge >= 0.3 is 0 Å². The van der Waals surface area contributed by atoms with Crippen molar-refractivity contribution in [2.45, 2.75) is 6.42 Å². The summed E-state index contributed by atoms with van der Waals surface area (Å²) < 4.78 is 0. The first-order chi connectivity index (χ1) is 3.77. The van der Waals surface area contributed by atoms with Crippen molar-refractivity contribution in [3.05, 3.63) is 10.1 Å². The van der Waals surface area contributed by atoms with Crippen LogP contribution in [-0.2, 0) is 4.84 Å². The smallest absolute Gasteiger partial charge is 0.294 e. The molecule has 0 spiro atoms. The van der Waals surface area contributed by atoms with Gasteiger partial charge in [-0.25, -0.2) is 0 Å². The molecule has 0 amide bonds. The second-order valence-electron chi connectivity index (χ2n) is 1.26. The third-order valence-electron chi connectivity index (χ3n) is 0.591. The fraction of sp³-hybridized carbons (Fsp3) is 1.00. The minimum atomic E-state index is -0.796. The summed E-state index contributed by atoms with van der Waals surface area (Å²) in [6, 6.07) is 0. The molecule has 0 fully saturated rings. The normalized spacial score (nSPS) is 8.62. The molecule has 0 aromatic heterocycles. The van der Waals surface area contributed by atoms with Crippen molar-refractivity contribution >= 4 is 0 Å². The van der Waals surface area contributed by atoms with Gasteiger partial charge in [0.15, 0.2) is 0 Å². The quantitative estimate of drug-likeness (QED) is 0.289. The number of hydrogen-bond donors (Lipinski definition) is 1. The first-order valence-corrected chi connectivity index (χ1v) is 2.34. The number of rotatable bonds is 4. The number of quaternary nitrogens is 1. The van der Waals surface area contributed by atoms with Crippen molar-refractivity contribution in [1.29, 1.82) is 0 Å². The van der Waals surface area contributed by atoms with E-state index < -0.39 is 5.09 Å². The zero-order valence-electron chi connectivity index (χ0n) is 4.50. The zero-order chi connectivity index (χ0) is 6.41. The van der Waals surface area contributed by atoms with Crippen LogP contribution in [0.15, 0.2) is 0 Å². The summed E-state index contributed by atoms with van der Waals surface area (Å²) in [5.41, 5.74) is 3.48. The zero-order valence-corrected chi connectivity index (χ0v) is 4.50. The van der Waals surface area contributed by atoms with Gasteiger partial charge < -0.3 is 10.6 Å². The van der Waals surface area contributed by atoms with Crippen LogP contribution < -0.4 is 5.73 Å². The predicted octanol–water partition coefficient (Wildman–Crippen LogP) is -1.17. The summed E-state index contributed by atoms with van der Waals surface area (Å²) >= 11 is 0. The van der Waals surface area contributed by atoms with Gasteiger partial charge in [-0.15, -0.1) is 10.1 Å². The fourth-order valence-corrected chi connectivity index (χ4v) is 0.241. The van der Waals surface area contributed by atoms with Gasteiger partial charge in [0.1, 0.15) is 6.61 Å². The van der Waals surface area contributed by atoms with Crippen LogP contribution in [0.2, 0.25) is 0 Å². The highest BCUT2D eigenvalue weighted by atomic mass is 16.9. The van der Waals surface area contributed by atoms with Crippen molar-refractivity contribution in [3.63, 3.8) is 0 Å². The second kappa shape index (κ2) is 4.32. The summed E-state index contributed by atoms with van der Waals surface area (Å²) in [5, 5.41) is 8.64. The summed E-state index contributed by atoms with van der Waals surface area (Å²) in [5.74, 6) is 0. The van der Waals surface area contributed by atoms with Gasteiger partial charge in [0.05, 0.1) is 6.54 Å². The third-order valence-corrected chi connectivity index (χ3v) is 0.591. The summed E-state index contributed by atoms with van der Waals surface area (Å²) in [6.07, 6.45) is 0.640. The highest BCUT2D eigenvalue weighted by Crippen LogP contribution is 1.76. The van der Waals surface area contributed by atoms with E-state index in [4.69, 9.17) is 0 Å². The van der Waals surface area contributed by atoms with E-state index in [9.17, 15) is 10.1 Å². The van der Waals surface area contributed by atoms with Gasteiger partial charge in [-0.2, -0.15) is 0 Å². The molecule has 48 valence electrons. The molecule has 0 aliphatic carbocycles. The average Bonchev–Trinajstić information content (AvgIpc) is 1.66. The van der Waals surface area contributed by atoms with Crippen molar-refractivity contribution in [2.24, 2.45) is 0 Å². The Bertz CT molecular complexity index is 74.9. The van der Waals surface area contributed by atoms with Crippen molar-refractivity contribution in [2.75, 3.05) is 13.2 Å². The van der Waals surface area contributed by atoms with Crippen molar-refractivity contribution in [1.82, 2.24) is 0 Å². The Morgan fingerprint density at radius 1 is 1.75 bits per heavy atom. The molecule has 0 radical (unpaired) electrons. The lowest BCUT2D eigenvalue weighted by atomic mass is 10.5. The molecule has 0 aliphatic heterocycles. The van der Waals surface area contributed by atoms with E-state index in [2.05, 4.69) is 10.6 Å². The molecular weight excluding hydrogens is 112 g/mol. The van der Waals surface area contributed by atoms with Crippen LogP contribution in [0.5, 0.6) is 0 Å². The Morgan fingerprint density at radius 3 is 2.75 bits per heavy atom. The van der Waals surface area contributed by atoms with Gasteiger partial charge in [0.2, 0.25) is 0 Å². The lowest BCUT2D eigenvalue weighted by molar-refractivity contribution is -0.758. The largest absolute Gasteiger partial charge is 0.358 e. The maximum Gasteiger partial charge on any atom is 0.294 e. The van der Waals surface area contributed by atoms with Gasteiger partial charge in [-0.1, -0.05) is 0 Å². The van der Waals surface area contributed by atoms with Crippen LogP contribution >= 0.6 is 0 Å². The molecule has 5 nitrogen and oxygen atoms in total. The van der Waals surface area contributed by atoms with Crippen LogP contribution in [0.4, 0.5) is 0 Å². The second-order valence-corrected chi connectivity index (χ2v) is 1.26. The van der Waals surface area contributed by atoms with Gasteiger partial charge in [-0.05, 0) is 0 Å². The molecule has 0 unspecified atom stereocenters. The monoisotopic (exact) mass is 121 g/mol. The standard InChI is InChI=1S/C3H8N2O3/c4-2-1-3-8-5(6)7/h1-4H2/p+1. The highest BCUT2D eigenvalue weighted by Gasteiger charge is 1.91. The molecule has 0 rings (SSSR count). The van der Waals surface area contributed by atoms with Crippen LogP contribution in [0.1, 0.15) is 6.42 Å². The van der Waals surface area contributed by atoms with Gasteiger partial charge in [-0.3, -0.25) is 0 Å². The molecule has 0 aromatic carbocycles. The summed E-state index contributed by atoms with van der Waals surface area (Å²) in [7, 11) is 0. The molecule has 8 heavy (non-hydrogen) atoms. The molecule has 0 aromatic rings. The number of nitrogens with zero attached hydrogens (tertiary/aromatic N) is 1. The lowest BCUT2D eigenvalue weighted by Gasteiger charge is -1.91. The first-order valence-electron chi connectivity index (χ1n) is 2.34. The Labute approximate surface area is 46.5 Å². The first kappa shape index (κ1) is 7.16.